The van der Waals surface area contributed by atoms with Crippen molar-refractivity contribution in [3.63, 3.8) is 0 Å². The summed E-state index contributed by atoms with van der Waals surface area (Å²) in [6.07, 6.45) is 15.8. The smallest absolute Gasteiger partial charge is 0.315 e. The molecular formula is C33H48N2O3. The van der Waals surface area contributed by atoms with Gasteiger partial charge in [-0.05, 0) is 105 Å². The molecule has 0 aromatic rings. The van der Waals surface area contributed by atoms with Crippen molar-refractivity contribution in [3.8, 4) is 0 Å². The fourth-order valence-electron chi connectivity index (χ4n) is 9.27. The number of nitrogens with one attached hydrogen (secondary N) is 2. The zero-order valence-corrected chi connectivity index (χ0v) is 24.6. The molecule has 0 unspecified atom stereocenters. The van der Waals surface area contributed by atoms with E-state index in [9.17, 15) is 14.7 Å². The number of carbonyl (C=O) groups is 2. The lowest BCUT2D eigenvalue weighted by Gasteiger charge is -2.70. The van der Waals surface area contributed by atoms with Crippen molar-refractivity contribution in [2.45, 2.75) is 112 Å². The first kappa shape index (κ1) is 27.3. The highest BCUT2D eigenvalue weighted by Crippen LogP contribution is 2.75. The zero-order valence-electron chi connectivity index (χ0n) is 24.6. The number of hydrogen-bond acceptors (Lipinski definition) is 3. The number of amides is 2. The number of unbranched alkanes of at least 4 members (excludes halogenated alkanes) is 1. The number of aliphatic hydroxyl groups excluding tert-OH is 1. The van der Waals surface area contributed by atoms with E-state index in [1.54, 1.807) is 6.08 Å². The molecule has 0 spiro atoms. The van der Waals surface area contributed by atoms with Crippen molar-refractivity contribution in [1.29, 1.82) is 0 Å². The number of fused-ring (bicyclic) bond motifs is 7. The van der Waals surface area contributed by atoms with E-state index in [-0.39, 0.29) is 44.8 Å². The van der Waals surface area contributed by atoms with Crippen LogP contribution in [0, 0.1) is 27.6 Å². The third-order valence-electron chi connectivity index (χ3n) is 12.1. The average Bonchev–Trinajstić information content (AvgIpc) is 2.86. The number of urea groups is 1. The maximum Gasteiger partial charge on any atom is 0.315 e. The maximum atomic E-state index is 12.8. The Morgan fingerprint density at radius 3 is 2.45 bits per heavy atom. The van der Waals surface area contributed by atoms with Crippen LogP contribution >= 0.6 is 0 Å². The molecule has 6 atom stereocenters. The van der Waals surface area contributed by atoms with E-state index in [0.29, 0.717) is 11.5 Å². The van der Waals surface area contributed by atoms with E-state index in [0.717, 1.165) is 69.1 Å². The molecule has 0 aromatic heterocycles. The molecule has 5 nitrogen and oxygen atoms in total. The minimum absolute atomic E-state index is 0.00512. The molecule has 2 amide bonds. The molecule has 5 aliphatic rings. The van der Waals surface area contributed by atoms with Gasteiger partial charge in [0.1, 0.15) is 0 Å². The third kappa shape index (κ3) is 3.78. The van der Waals surface area contributed by atoms with E-state index in [1.165, 1.54) is 12.0 Å². The zero-order chi connectivity index (χ0) is 27.7. The minimum atomic E-state index is -0.266. The summed E-state index contributed by atoms with van der Waals surface area (Å²) in [5.74, 6) is 0.110. The number of allylic oxidation sites excluding steroid dienone is 7. The molecular weight excluding hydrogens is 472 g/mol. The molecule has 38 heavy (non-hydrogen) atoms. The van der Waals surface area contributed by atoms with Crippen LogP contribution < -0.4 is 10.6 Å². The Balaban J connectivity index is 1.50. The van der Waals surface area contributed by atoms with Crippen LogP contribution in [0.25, 0.3) is 0 Å². The van der Waals surface area contributed by atoms with Gasteiger partial charge in [0, 0.05) is 23.1 Å². The van der Waals surface area contributed by atoms with Crippen LogP contribution in [0.4, 0.5) is 4.79 Å². The summed E-state index contributed by atoms with van der Waals surface area (Å²) < 4.78 is 0. The van der Waals surface area contributed by atoms with Gasteiger partial charge < -0.3 is 15.7 Å². The Morgan fingerprint density at radius 2 is 1.74 bits per heavy atom. The van der Waals surface area contributed by atoms with Gasteiger partial charge in [0.05, 0.1) is 0 Å². The number of rotatable bonds is 4. The van der Waals surface area contributed by atoms with Gasteiger partial charge in [-0.25, -0.2) is 4.79 Å². The fourth-order valence-corrected chi connectivity index (χ4v) is 9.27. The molecule has 5 aliphatic carbocycles. The second-order valence-electron chi connectivity index (χ2n) is 14.3. The average molecular weight is 521 g/mol. The standard InChI is InChI=1S/C33H48N2O3/c1-8-9-18-34-28(38)35-30(4)14-12-29(3)13-16-32(6)25-11-10-22-21(2)27(37)24(36)19-23(22)31(25,5)15-17-33(32,7)26(29)20-30/h10-11,19,26,37H,8-9,12-18,20H2,1-7H3,(H2,34,35,38)/t26-,29-,30-,31+,32-,33+/m1/s1. The Labute approximate surface area is 229 Å². The largest absolute Gasteiger partial charge is 0.504 e. The molecule has 0 aliphatic heterocycles. The van der Waals surface area contributed by atoms with Crippen molar-refractivity contribution < 1.29 is 14.7 Å². The molecule has 208 valence electrons. The van der Waals surface area contributed by atoms with Crippen LogP contribution in [0.5, 0.6) is 0 Å². The second kappa shape index (κ2) is 8.86. The van der Waals surface area contributed by atoms with Crippen LogP contribution in [-0.4, -0.2) is 29.0 Å². The molecule has 0 bridgehead atoms. The normalized spacial score (nSPS) is 42.0. The van der Waals surface area contributed by atoms with Crippen LogP contribution in [0.2, 0.25) is 0 Å². The van der Waals surface area contributed by atoms with Crippen LogP contribution in [0.3, 0.4) is 0 Å². The van der Waals surface area contributed by atoms with Gasteiger partial charge in [-0.1, -0.05) is 58.8 Å². The van der Waals surface area contributed by atoms with E-state index in [1.807, 2.05) is 6.92 Å². The minimum Gasteiger partial charge on any atom is -0.504 e. The molecule has 0 aromatic carbocycles. The molecule has 3 fully saturated rings. The van der Waals surface area contributed by atoms with Crippen molar-refractivity contribution in [1.82, 2.24) is 10.6 Å². The SMILES string of the molecule is CCCCNC(=O)N[C@]1(C)CC[C@]2(C)CC[C@]3(C)C4=CC=C5C(=CC(=O)C(O)=C5C)[C@]4(C)CC[C@@]3(C)[C@@H]2C1. The van der Waals surface area contributed by atoms with Gasteiger partial charge in [0.25, 0.3) is 0 Å². The summed E-state index contributed by atoms with van der Waals surface area (Å²) in [6.45, 7) is 16.8. The summed E-state index contributed by atoms with van der Waals surface area (Å²) >= 11 is 0. The first-order chi connectivity index (χ1) is 17.7. The predicted octanol–water partition coefficient (Wildman–Crippen LogP) is 7.46. The van der Waals surface area contributed by atoms with Crippen molar-refractivity contribution in [3.05, 3.63) is 46.3 Å². The van der Waals surface area contributed by atoms with Crippen LogP contribution in [0.15, 0.2) is 46.3 Å². The number of aliphatic hydroxyl groups is 1. The van der Waals surface area contributed by atoms with Gasteiger partial charge >= 0.3 is 6.03 Å². The summed E-state index contributed by atoms with van der Waals surface area (Å²) in [5, 5.41) is 16.8. The Kier molecular flexibility index (Phi) is 6.36. The lowest BCUT2D eigenvalue weighted by Crippen LogP contribution is -2.64. The molecule has 0 radical (unpaired) electrons. The van der Waals surface area contributed by atoms with Crippen LogP contribution in [0.1, 0.15) is 106 Å². The number of carbonyl (C=O) groups excluding carboxylic acids is 2. The molecule has 3 saturated carbocycles. The first-order valence-electron chi connectivity index (χ1n) is 14.9. The van der Waals surface area contributed by atoms with Gasteiger partial charge in [0.15, 0.2) is 5.76 Å². The van der Waals surface area contributed by atoms with Crippen molar-refractivity contribution >= 4 is 11.8 Å². The highest BCUT2D eigenvalue weighted by Gasteiger charge is 2.66. The van der Waals surface area contributed by atoms with Crippen molar-refractivity contribution in [2.75, 3.05) is 6.54 Å². The Morgan fingerprint density at radius 1 is 1.03 bits per heavy atom. The van der Waals surface area contributed by atoms with E-state index < -0.39 is 0 Å². The maximum absolute atomic E-state index is 12.8. The fraction of sp³-hybridized carbons (Fsp3) is 0.697. The Bertz CT molecular complexity index is 1190. The molecule has 0 heterocycles. The molecule has 3 N–H and O–H groups in total. The van der Waals surface area contributed by atoms with Crippen LogP contribution in [-0.2, 0) is 4.79 Å². The summed E-state index contributed by atoms with van der Waals surface area (Å²) in [7, 11) is 0. The highest BCUT2D eigenvalue weighted by atomic mass is 16.3. The summed E-state index contributed by atoms with van der Waals surface area (Å²) in [5.41, 5.74) is 4.19. The molecule has 5 heteroatoms. The van der Waals surface area contributed by atoms with Gasteiger partial charge in [-0.3, -0.25) is 4.79 Å². The lowest BCUT2D eigenvalue weighted by atomic mass is 9.35. The van der Waals surface area contributed by atoms with E-state index in [2.05, 4.69) is 64.3 Å². The van der Waals surface area contributed by atoms with Crippen molar-refractivity contribution in [2.24, 2.45) is 27.6 Å². The monoisotopic (exact) mass is 520 g/mol. The first-order valence-corrected chi connectivity index (χ1v) is 14.9. The summed E-state index contributed by atoms with van der Waals surface area (Å²) in [4.78, 5) is 25.5. The van der Waals surface area contributed by atoms with Gasteiger partial charge in [0.2, 0.25) is 5.78 Å². The van der Waals surface area contributed by atoms with E-state index >= 15 is 0 Å². The topological polar surface area (TPSA) is 78.4 Å². The number of hydrogen-bond donors (Lipinski definition) is 3. The molecule has 5 rings (SSSR count). The molecule has 0 saturated heterocycles. The van der Waals surface area contributed by atoms with Gasteiger partial charge in [-0.15, -0.1) is 0 Å². The highest BCUT2D eigenvalue weighted by molar-refractivity contribution is 6.06. The lowest BCUT2D eigenvalue weighted by molar-refractivity contribution is -0.152. The van der Waals surface area contributed by atoms with Gasteiger partial charge in [-0.2, -0.15) is 0 Å². The number of ketones is 1. The second-order valence-corrected chi connectivity index (χ2v) is 14.3. The predicted molar refractivity (Wildman–Crippen MR) is 153 cm³/mol. The van der Waals surface area contributed by atoms with E-state index in [4.69, 9.17) is 0 Å². The quantitative estimate of drug-likeness (QED) is 0.337. The Hall–Kier alpha value is -2.30. The third-order valence-corrected chi connectivity index (χ3v) is 12.1. The summed E-state index contributed by atoms with van der Waals surface area (Å²) in [6, 6.07) is -0.0299.